The Labute approximate surface area is 154 Å². The normalized spacial score (nSPS) is 15.2. The SMILES string of the molecule is Cc1ccc(C)c2c(C)c(C(=O)N(C)[C@H](c3ccccn3)C3CC3)[nH]c12. The van der Waals surface area contributed by atoms with Crippen LogP contribution in [0.1, 0.15) is 51.8 Å². The summed E-state index contributed by atoms with van der Waals surface area (Å²) in [5.74, 6) is 0.548. The van der Waals surface area contributed by atoms with Crippen molar-refractivity contribution in [3.8, 4) is 0 Å². The summed E-state index contributed by atoms with van der Waals surface area (Å²) in [6, 6.07) is 10.2. The lowest BCUT2D eigenvalue weighted by atomic mass is 10.0. The van der Waals surface area contributed by atoms with E-state index < -0.39 is 0 Å². The Bertz CT molecular complexity index is 970. The predicted molar refractivity (Wildman–Crippen MR) is 104 cm³/mol. The maximum Gasteiger partial charge on any atom is 0.270 e. The van der Waals surface area contributed by atoms with E-state index in [2.05, 4.69) is 35.9 Å². The zero-order chi connectivity index (χ0) is 18.4. The fraction of sp³-hybridized carbons (Fsp3) is 0.364. The van der Waals surface area contributed by atoms with E-state index in [1.807, 2.05) is 43.3 Å². The number of nitrogens with one attached hydrogen (secondary N) is 1. The molecule has 0 unspecified atom stereocenters. The number of aryl methyl sites for hydroxylation is 3. The van der Waals surface area contributed by atoms with E-state index in [0.717, 1.165) is 29.6 Å². The van der Waals surface area contributed by atoms with Crippen molar-refractivity contribution in [1.29, 1.82) is 0 Å². The first-order valence-electron chi connectivity index (χ1n) is 9.25. The van der Waals surface area contributed by atoms with Gasteiger partial charge in [0.25, 0.3) is 5.91 Å². The van der Waals surface area contributed by atoms with E-state index in [1.54, 1.807) is 0 Å². The average Bonchev–Trinajstić information content (AvgIpc) is 3.41. The standard InChI is InChI=1S/C22H25N3O/c1-13-8-9-14(2)19-18(13)15(3)20(24-19)22(26)25(4)21(16-10-11-16)17-7-5-6-12-23-17/h5-9,12,16,21,24H,10-11H2,1-4H3/t21-/m0/s1. The summed E-state index contributed by atoms with van der Waals surface area (Å²) in [6.07, 6.45) is 4.12. The number of H-pyrrole nitrogens is 1. The zero-order valence-corrected chi connectivity index (χ0v) is 15.8. The molecule has 1 N–H and O–H groups in total. The summed E-state index contributed by atoms with van der Waals surface area (Å²) in [5.41, 5.74) is 6.14. The van der Waals surface area contributed by atoms with Crippen LogP contribution in [0.5, 0.6) is 0 Å². The molecule has 1 saturated carbocycles. The molecule has 3 aromatic rings. The Balaban J connectivity index is 1.75. The number of hydrogen-bond acceptors (Lipinski definition) is 2. The molecule has 26 heavy (non-hydrogen) atoms. The summed E-state index contributed by atoms with van der Waals surface area (Å²) in [4.78, 5) is 23.2. The van der Waals surface area contributed by atoms with Gasteiger partial charge in [0, 0.05) is 24.1 Å². The summed E-state index contributed by atoms with van der Waals surface area (Å²) in [5, 5.41) is 1.17. The first-order valence-corrected chi connectivity index (χ1v) is 9.25. The Morgan fingerprint density at radius 3 is 2.50 bits per heavy atom. The van der Waals surface area contributed by atoms with Gasteiger partial charge in [0.1, 0.15) is 5.69 Å². The van der Waals surface area contributed by atoms with Gasteiger partial charge in [-0.15, -0.1) is 0 Å². The van der Waals surface area contributed by atoms with Gasteiger partial charge in [-0.1, -0.05) is 18.2 Å². The molecule has 0 saturated heterocycles. The van der Waals surface area contributed by atoms with Gasteiger partial charge in [-0.25, -0.2) is 0 Å². The maximum absolute atomic E-state index is 13.4. The van der Waals surface area contributed by atoms with Gasteiger partial charge in [-0.05, 0) is 68.4 Å². The molecular weight excluding hydrogens is 322 g/mol. The third-order valence-corrected chi connectivity index (χ3v) is 5.63. The highest BCUT2D eigenvalue weighted by Crippen LogP contribution is 2.44. The lowest BCUT2D eigenvalue weighted by molar-refractivity contribution is 0.0701. The summed E-state index contributed by atoms with van der Waals surface area (Å²) >= 11 is 0. The number of carbonyl (C=O) groups is 1. The Morgan fingerprint density at radius 2 is 1.88 bits per heavy atom. The first kappa shape index (κ1) is 16.8. The highest BCUT2D eigenvalue weighted by Gasteiger charge is 2.38. The van der Waals surface area contributed by atoms with E-state index in [1.165, 1.54) is 16.5 Å². The third-order valence-electron chi connectivity index (χ3n) is 5.63. The largest absolute Gasteiger partial charge is 0.350 e. The van der Waals surface area contributed by atoms with Crippen LogP contribution in [0, 0.1) is 26.7 Å². The molecule has 2 heterocycles. The van der Waals surface area contributed by atoms with Gasteiger partial charge in [-0.2, -0.15) is 0 Å². The van der Waals surface area contributed by atoms with E-state index in [4.69, 9.17) is 0 Å². The Kier molecular flexibility index (Phi) is 4.06. The van der Waals surface area contributed by atoms with Crippen LogP contribution in [0.2, 0.25) is 0 Å². The summed E-state index contributed by atoms with van der Waals surface area (Å²) in [6.45, 7) is 6.22. The summed E-state index contributed by atoms with van der Waals surface area (Å²) < 4.78 is 0. The second-order valence-electron chi connectivity index (χ2n) is 7.53. The smallest absolute Gasteiger partial charge is 0.270 e. The van der Waals surface area contributed by atoms with Crippen LogP contribution in [0.25, 0.3) is 10.9 Å². The van der Waals surface area contributed by atoms with Crippen molar-refractivity contribution in [1.82, 2.24) is 14.9 Å². The zero-order valence-electron chi connectivity index (χ0n) is 15.8. The van der Waals surface area contributed by atoms with Gasteiger partial charge in [0.05, 0.1) is 11.7 Å². The van der Waals surface area contributed by atoms with Crippen LogP contribution in [0.4, 0.5) is 0 Å². The minimum Gasteiger partial charge on any atom is -0.350 e. The Morgan fingerprint density at radius 1 is 1.15 bits per heavy atom. The lowest BCUT2D eigenvalue weighted by Crippen LogP contribution is -2.33. The van der Waals surface area contributed by atoms with Crippen LogP contribution in [-0.2, 0) is 0 Å². The highest BCUT2D eigenvalue weighted by atomic mass is 16.2. The fourth-order valence-corrected chi connectivity index (χ4v) is 4.03. The van der Waals surface area contributed by atoms with Crippen molar-refractivity contribution in [2.75, 3.05) is 7.05 Å². The summed E-state index contributed by atoms with van der Waals surface area (Å²) in [7, 11) is 1.91. The van der Waals surface area contributed by atoms with Crippen LogP contribution in [-0.4, -0.2) is 27.8 Å². The number of pyridine rings is 1. The second-order valence-corrected chi connectivity index (χ2v) is 7.53. The lowest BCUT2D eigenvalue weighted by Gasteiger charge is -2.28. The molecule has 0 bridgehead atoms. The molecule has 0 radical (unpaired) electrons. The molecule has 1 amide bonds. The number of aromatic nitrogens is 2. The van der Waals surface area contributed by atoms with Crippen molar-refractivity contribution in [2.45, 2.75) is 39.7 Å². The number of fused-ring (bicyclic) bond motifs is 1. The van der Waals surface area contributed by atoms with E-state index in [0.29, 0.717) is 11.6 Å². The Hall–Kier alpha value is -2.62. The van der Waals surface area contributed by atoms with E-state index in [9.17, 15) is 4.79 Å². The number of nitrogens with zero attached hydrogens (tertiary/aromatic N) is 2. The molecular formula is C22H25N3O. The van der Waals surface area contributed by atoms with Crippen molar-refractivity contribution >= 4 is 16.8 Å². The highest BCUT2D eigenvalue weighted by molar-refractivity contribution is 6.02. The number of amides is 1. The molecule has 4 heteroatoms. The van der Waals surface area contributed by atoms with Gasteiger partial charge >= 0.3 is 0 Å². The number of aromatic amines is 1. The maximum atomic E-state index is 13.4. The molecule has 0 aliphatic heterocycles. The fourth-order valence-electron chi connectivity index (χ4n) is 4.03. The van der Waals surface area contributed by atoms with Gasteiger partial charge < -0.3 is 9.88 Å². The number of rotatable bonds is 4. The topological polar surface area (TPSA) is 49.0 Å². The van der Waals surface area contributed by atoms with Crippen LogP contribution in [0.3, 0.4) is 0 Å². The van der Waals surface area contributed by atoms with Gasteiger partial charge in [0.2, 0.25) is 0 Å². The minimum atomic E-state index is 0.0386. The van der Waals surface area contributed by atoms with Crippen LogP contribution >= 0.6 is 0 Å². The first-order chi connectivity index (χ1) is 12.5. The molecule has 1 fully saturated rings. The van der Waals surface area contributed by atoms with Crippen molar-refractivity contribution in [3.05, 3.63) is 64.6 Å². The molecule has 1 aliphatic carbocycles. The van der Waals surface area contributed by atoms with E-state index >= 15 is 0 Å². The molecule has 0 spiro atoms. The predicted octanol–water partition coefficient (Wildman–Crippen LogP) is 4.71. The number of hydrogen-bond donors (Lipinski definition) is 1. The van der Waals surface area contributed by atoms with Crippen molar-refractivity contribution in [3.63, 3.8) is 0 Å². The molecule has 4 nitrogen and oxygen atoms in total. The molecule has 4 rings (SSSR count). The molecule has 2 aromatic heterocycles. The quantitative estimate of drug-likeness (QED) is 0.743. The molecule has 1 aliphatic rings. The monoisotopic (exact) mass is 347 g/mol. The molecule has 1 atom stereocenters. The number of benzene rings is 1. The van der Waals surface area contributed by atoms with Gasteiger partial charge in [0.15, 0.2) is 0 Å². The van der Waals surface area contributed by atoms with Crippen molar-refractivity contribution in [2.24, 2.45) is 5.92 Å². The van der Waals surface area contributed by atoms with Gasteiger partial charge in [-0.3, -0.25) is 9.78 Å². The van der Waals surface area contributed by atoms with Crippen LogP contribution < -0.4 is 0 Å². The second kappa shape index (κ2) is 6.27. The van der Waals surface area contributed by atoms with E-state index in [-0.39, 0.29) is 11.9 Å². The molecule has 134 valence electrons. The average molecular weight is 347 g/mol. The van der Waals surface area contributed by atoms with Crippen molar-refractivity contribution < 1.29 is 4.79 Å². The van der Waals surface area contributed by atoms with Crippen LogP contribution in [0.15, 0.2) is 36.5 Å². The number of carbonyl (C=O) groups excluding carboxylic acids is 1. The minimum absolute atomic E-state index is 0.0386. The molecule has 1 aromatic carbocycles. The third kappa shape index (κ3) is 2.70.